The van der Waals surface area contributed by atoms with Crippen molar-refractivity contribution < 1.29 is 31.1 Å². The zero-order valence-electron chi connectivity index (χ0n) is 16.3. The monoisotopic (exact) mass is 446 g/mol. The highest BCUT2D eigenvalue weighted by molar-refractivity contribution is 5.77. The Hall–Kier alpha value is -2.56. The van der Waals surface area contributed by atoms with E-state index in [2.05, 4.69) is 4.98 Å². The van der Waals surface area contributed by atoms with E-state index >= 15 is 0 Å². The Kier molecular flexibility index (Phi) is 5.48. The molecule has 5 nitrogen and oxygen atoms in total. The number of alkyl halides is 3. The molecule has 1 amide bonds. The number of carbonyl (C=O) groups is 1. The van der Waals surface area contributed by atoms with Gasteiger partial charge in [0, 0.05) is 31.6 Å². The van der Waals surface area contributed by atoms with E-state index in [1.807, 2.05) is 0 Å². The summed E-state index contributed by atoms with van der Waals surface area (Å²) in [6.07, 6.45) is -2.24. The number of rotatable bonds is 5. The Labute approximate surface area is 173 Å². The summed E-state index contributed by atoms with van der Waals surface area (Å²) in [5.41, 5.74) is 6.16. The van der Waals surface area contributed by atoms with E-state index in [0.717, 1.165) is 17.4 Å². The first-order valence-corrected chi connectivity index (χ1v) is 9.87. The molecule has 0 radical (unpaired) electrons. The Morgan fingerprint density at radius 1 is 1.13 bits per heavy atom. The molecule has 2 atom stereocenters. The van der Waals surface area contributed by atoms with Gasteiger partial charge in [0.25, 0.3) is 0 Å². The van der Waals surface area contributed by atoms with Gasteiger partial charge in [0.1, 0.15) is 5.82 Å². The van der Waals surface area contributed by atoms with Gasteiger partial charge in [-0.05, 0) is 36.8 Å². The average Bonchev–Trinajstić information content (AvgIpc) is 3.41. The van der Waals surface area contributed by atoms with Gasteiger partial charge in [0.05, 0.1) is 17.9 Å². The summed E-state index contributed by atoms with van der Waals surface area (Å²) in [6, 6.07) is -0.270. The minimum absolute atomic E-state index is 0.0423. The lowest BCUT2D eigenvalue weighted by atomic mass is 10.00. The number of carbonyl (C=O) groups excluding carboxylic acids is 1. The Bertz CT molecular complexity index is 1000. The molecule has 4 rings (SSSR count). The van der Waals surface area contributed by atoms with Crippen LogP contribution in [0, 0.1) is 23.4 Å². The summed E-state index contributed by atoms with van der Waals surface area (Å²) in [5, 5.41) is 0. The molecule has 1 saturated carbocycles. The van der Waals surface area contributed by atoms with Gasteiger partial charge < -0.3 is 15.2 Å². The number of aromatic nitrogens is 2. The van der Waals surface area contributed by atoms with Crippen molar-refractivity contribution in [2.45, 2.75) is 50.5 Å². The third-order valence-electron chi connectivity index (χ3n) is 5.74. The number of hydrogen-bond donors (Lipinski definition) is 1. The van der Waals surface area contributed by atoms with E-state index < -0.39 is 41.5 Å². The number of imidazole rings is 1. The predicted molar refractivity (Wildman–Crippen MR) is 97.0 cm³/mol. The SMILES string of the molecule is N[C@@H](CC(=O)N1CCn2c(cnc2C(F)(F)F)C1C1CC1)Cc1cc(F)c(F)cc1F. The van der Waals surface area contributed by atoms with Crippen molar-refractivity contribution in [1.82, 2.24) is 14.5 Å². The van der Waals surface area contributed by atoms with Crippen LogP contribution in [0.25, 0.3) is 0 Å². The Morgan fingerprint density at radius 3 is 2.45 bits per heavy atom. The molecule has 11 heteroatoms. The number of benzene rings is 1. The van der Waals surface area contributed by atoms with Crippen LogP contribution in [-0.4, -0.2) is 32.9 Å². The van der Waals surface area contributed by atoms with Gasteiger partial charge in [-0.2, -0.15) is 13.2 Å². The number of nitrogens with two attached hydrogens (primary N) is 1. The second-order valence-electron chi connectivity index (χ2n) is 8.05. The van der Waals surface area contributed by atoms with Crippen molar-refractivity contribution in [3.63, 3.8) is 0 Å². The first kappa shape index (κ1) is 21.7. The van der Waals surface area contributed by atoms with Crippen molar-refractivity contribution >= 4 is 5.91 Å². The van der Waals surface area contributed by atoms with Gasteiger partial charge in [0.15, 0.2) is 11.6 Å². The topological polar surface area (TPSA) is 64.2 Å². The number of amides is 1. The minimum Gasteiger partial charge on any atom is -0.332 e. The molecule has 2 heterocycles. The van der Waals surface area contributed by atoms with Gasteiger partial charge in [-0.15, -0.1) is 0 Å². The third-order valence-corrected chi connectivity index (χ3v) is 5.74. The van der Waals surface area contributed by atoms with E-state index in [-0.39, 0.29) is 43.3 Å². The smallest absolute Gasteiger partial charge is 0.332 e. The van der Waals surface area contributed by atoms with Crippen LogP contribution in [0.5, 0.6) is 0 Å². The van der Waals surface area contributed by atoms with E-state index in [9.17, 15) is 31.1 Å². The maximum absolute atomic E-state index is 13.9. The lowest BCUT2D eigenvalue weighted by Crippen LogP contribution is -2.45. The first-order chi connectivity index (χ1) is 14.6. The maximum Gasteiger partial charge on any atom is 0.449 e. The van der Waals surface area contributed by atoms with Crippen molar-refractivity contribution in [3.8, 4) is 0 Å². The highest BCUT2D eigenvalue weighted by Gasteiger charge is 2.46. The number of fused-ring (bicyclic) bond motifs is 1. The van der Waals surface area contributed by atoms with Gasteiger partial charge in [-0.1, -0.05) is 0 Å². The molecule has 0 bridgehead atoms. The summed E-state index contributed by atoms with van der Waals surface area (Å²) < 4.78 is 81.1. The summed E-state index contributed by atoms with van der Waals surface area (Å²) in [6.45, 7) is 0.0187. The molecule has 2 aliphatic rings. The van der Waals surface area contributed by atoms with Crippen LogP contribution in [0.4, 0.5) is 26.3 Å². The van der Waals surface area contributed by atoms with Crippen LogP contribution in [0.3, 0.4) is 0 Å². The van der Waals surface area contributed by atoms with Crippen molar-refractivity contribution in [1.29, 1.82) is 0 Å². The van der Waals surface area contributed by atoms with Gasteiger partial charge in [0.2, 0.25) is 11.7 Å². The summed E-state index contributed by atoms with van der Waals surface area (Å²) in [5.74, 6) is -4.81. The number of halogens is 6. The summed E-state index contributed by atoms with van der Waals surface area (Å²) in [7, 11) is 0. The molecular weight excluding hydrogens is 426 g/mol. The molecule has 31 heavy (non-hydrogen) atoms. The molecule has 1 aromatic carbocycles. The zero-order valence-corrected chi connectivity index (χ0v) is 16.3. The van der Waals surface area contributed by atoms with Crippen LogP contribution in [0.1, 0.15) is 42.4 Å². The van der Waals surface area contributed by atoms with Crippen molar-refractivity contribution in [3.05, 3.63) is 52.9 Å². The summed E-state index contributed by atoms with van der Waals surface area (Å²) >= 11 is 0. The first-order valence-electron chi connectivity index (χ1n) is 9.87. The van der Waals surface area contributed by atoms with Crippen molar-refractivity contribution in [2.75, 3.05) is 6.54 Å². The molecule has 1 fully saturated rings. The summed E-state index contributed by atoms with van der Waals surface area (Å²) in [4.78, 5) is 18.0. The van der Waals surface area contributed by atoms with Crippen LogP contribution in [0.2, 0.25) is 0 Å². The molecule has 2 aromatic rings. The van der Waals surface area contributed by atoms with E-state index in [4.69, 9.17) is 5.73 Å². The molecule has 1 aliphatic heterocycles. The number of nitrogens with zero attached hydrogens (tertiary/aromatic N) is 3. The fraction of sp³-hybridized carbons (Fsp3) is 0.500. The third kappa shape index (κ3) is 4.28. The van der Waals surface area contributed by atoms with Crippen LogP contribution < -0.4 is 5.73 Å². The van der Waals surface area contributed by atoms with Gasteiger partial charge >= 0.3 is 6.18 Å². The molecular formula is C20H20F6N4O. The van der Waals surface area contributed by atoms with Crippen molar-refractivity contribution in [2.24, 2.45) is 11.7 Å². The molecule has 1 aliphatic carbocycles. The number of hydrogen-bond acceptors (Lipinski definition) is 3. The lowest BCUT2D eigenvalue weighted by Gasteiger charge is -2.38. The largest absolute Gasteiger partial charge is 0.449 e. The van der Waals surface area contributed by atoms with E-state index in [1.165, 1.54) is 11.1 Å². The maximum atomic E-state index is 13.9. The average molecular weight is 446 g/mol. The standard InChI is InChI=1S/C20H20F6N4O/c21-13-8-15(23)14(22)6-11(13)5-12(27)7-17(31)30-4-3-29-16(18(30)10-1-2-10)9-28-19(29)20(24,25)26/h6,8-10,12,18H,1-5,7,27H2/t12-,18?/m1/s1. The molecule has 1 unspecified atom stereocenters. The second-order valence-corrected chi connectivity index (χ2v) is 8.05. The quantitative estimate of drug-likeness (QED) is 0.564. The van der Waals surface area contributed by atoms with Crippen LogP contribution in [-0.2, 0) is 23.9 Å². The van der Waals surface area contributed by atoms with E-state index in [0.29, 0.717) is 17.8 Å². The fourth-order valence-corrected chi connectivity index (χ4v) is 4.20. The van der Waals surface area contributed by atoms with E-state index in [1.54, 1.807) is 0 Å². The molecule has 1 aromatic heterocycles. The lowest BCUT2D eigenvalue weighted by molar-refractivity contribution is -0.148. The highest BCUT2D eigenvalue weighted by Crippen LogP contribution is 2.47. The minimum atomic E-state index is -4.59. The molecule has 168 valence electrons. The highest BCUT2D eigenvalue weighted by atomic mass is 19.4. The molecule has 2 N–H and O–H groups in total. The normalized spacial score (nSPS) is 20.0. The Balaban J connectivity index is 1.49. The molecule has 0 spiro atoms. The fourth-order valence-electron chi connectivity index (χ4n) is 4.20. The van der Waals surface area contributed by atoms with Crippen LogP contribution >= 0.6 is 0 Å². The van der Waals surface area contributed by atoms with Crippen LogP contribution in [0.15, 0.2) is 18.3 Å². The van der Waals surface area contributed by atoms with Gasteiger partial charge in [-0.25, -0.2) is 18.2 Å². The van der Waals surface area contributed by atoms with Gasteiger partial charge in [-0.3, -0.25) is 4.79 Å². The second kappa shape index (κ2) is 7.85. The molecule has 0 saturated heterocycles. The Morgan fingerprint density at radius 2 is 1.81 bits per heavy atom. The zero-order chi connectivity index (χ0) is 22.5. The predicted octanol–water partition coefficient (Wildman–Crippen LogP) is 3.57.